The molecule has 0 aliphatic carbocycles. The van der Waals surface area contributed by atoms with Gasteiger partial charge in [-0.25, -0.2) is 0 Å². The molecule has 1 saturated heterocycles. The Hall–Kier alpha value is 0.367. The Morgan fingerprint density at radius 3 is 2.00 bits per heavy atom. The molecule has 7 heteroatoms. The monoisotopic (exact) mass is 351 g/mol. The fourth-order valence-electron chi connectivity index (χ4n) is 2.51. The molecule has 1 rings (SSSR count). The quantitative estimate of drug-likeness (QED) is 0.323. The van der Waals surface area contributed by atoms with Gasteiger partial charge >= 0.3 is 8.80 Å². The summed E-state index contributed by atoms with van der Waals surface area (Å²) in [5, 5.41) is 0. The summed E-state index contributed by atoms with van der Waals surface area (Å²) in [5.41, 5.74) is 0. The second-order valence-corrected chi connectivity index (χ2v) is 9.08. The van der Waals surface area contributed by atoms with E-state index in [4.69, 9.17) is 18.0 Å². The van der Waals surface area contributed by atoms with Crippen LogP contribution >= 0.6 is 11.9 Å². The second-order valence-electron chi connectivity index (χ2n) is 5.17. The molecule has 0 amide bonds. The molecule has 1 aliphatic heterocycles. The van der Waals surface area contributed by atoms with E-state index in [0.717, 1.165) is 57.4 Å². The van der Waals surface area contributed by atoms with Crippen LogP contribution in [0.4, 0.5) is 0 Å². The molecule has 0 radical (unpaired) electrons. The molecule has 0 aromatic rings. The fourth-order valence-corrected chi connectivity index (χ4v) is 6.43. The van der Waals surface area contributed by atoms with Crippen molar-refractivity contribution in [2.24, 2.45) is 0 Å². The van der Waals surface area contributed by atoms with Gasteiger partial charge in [0.1, 0.15) is 0 Å². The lowest BCUT2D eigenvalue weighted by atomic mass is 10.3. The van der Waals surface area contributed by atoms with Gasteiger partial charge in [-0.1, -0.05) is 11.9 Å². The highest BCUT2D eigenvalue weighted by atomic mass is 32.2. The third-order valence-electron chi connectivity index (χ3n) is 3.39. The van der Waals surface area contributed by atoms with E-state index in [0.29, 0.717) is 19.8 Å². The average Bonchev–Trinajstić information content (AvgIpc) is 2.46. The molecule has 1 aliphatic rings. The average molecular weight is 352 g/mol. The van der Waals surface area contributed by atoms with Crippen molar-refractivity contribution in [3.05, 3.63) is 0 Å². The van der Waals surface area contributed by atoms with Crippen molar-refractivity contribution in [1.29, 1.82) is 0 Å². The molecular formula is C15H33NO4SSi. The number of hydrogen-bond acceptors (Lipinski definition) is 6. The van der Waals surface area contributed by atoms with Gasteiger partial charge in [0, 0.05) is 57.9 Å². The minimum atomic E-state index is -2.45. The van der Waals surface area contributed by atoms with E-state index in [2.05, 4.69) is 4.31 Å². The zero-order chi connectivity index (χ0) is 16.1. The Balaban J connectivity index is 2.31. The van der Waals surface area contributed by atoms with Gasteiger partial charge in [-0.2, -0.15) is 0 Å². The molecule has 0 spiro atoms. The van der Waals surface area contributed by atoms with Gasteiger partial charge in [0.15, 0.2) is 0 Å². The van der Waals surface area contributed by atoms with Crippen LogP contribution < -0.4 is 0 Å². The Morgan fingerprint density at radius 1 is 0.955 bits per heavy atom. The fraction of sp³-hybridized carbons (Fsp3) is 1.00. The van der Waals surface area contributed by atoms with Crippen LogP contribution in [0, 0.1) is 0 Å². The van der Waals surface area contributed by atoms with Crippen LogP contribution in [0.15, 0.2) is 0 Å². The van der Waals surface area contributed by atoms with Crippen LogP contribution in [0.2, 0.25) is 6.04 Å². The van der Waals surface area contributed by atoms with Gasteiger partial charge in [0.25, 0.3) is 0 Å². The van der Waals surface area contributed by atoms with Crippen molar-refractivity contribution in [3.8, 4) is 0 Å². The van der Waals surface area contributed by atoms with E-state index in [1.165, 1.54) is 0 Å². The maximum atomic E-state index is 5.89. The molecular weight excluding hydrogens is 318 g/mol. The molecule has 0 atom stereocenters. The van der Waals surface area contributed by atoms with Gasteiger partial charge in [-0.05, 0) is 40.0 Å². The molecule has 1 fully saturated rings. The van der Waals surface area contributed by atoms with Crippen LogP contribution in [-0.2, 0) is 18.0 Å². The molecule has 0 aromatic heterocycles. The van der Waals surface area contributed by atoms with E-state index in [1.807, 2.05) is 32.7 Å². The summed E-state index contributed by atoms with van der Waals surface area (Å²) >= 11 is 1.95. The first-order chi connectivity index (χ1) is 10.8. The number of nitrogens with zero attached hydrogens (tertiary/aromatic N) is 1. The summed E-state index contributed by atoms with van der Waals surface area (Å²) in [6, 6.07) is 0.909. The standard InChI is InChI=1S/C15H33NO4SSi/c1-4-18-22(19-5-2,20-6-3)15-9-14-21-16-10-7-12-17-13-8-11-16/h4-15H2,1-3H3. The van der Waals surface area contributed by atoms with Crippen LogP contribution in [0.3, 0.4) is 0 Å². The van der Waals surface area contributed by atoms with Crippen LogP contribution in [0.25, 0.3) is 0 Å². The summed E-state index contributed by atoms with van der Waals surface area (Å²) in [4.78, 5) is 0. The molecule has 0 N–H and O–H groups in total. The summed E-state index contributed by atoms with van der Waals surface area (Å²) in [6.45, 7) is 12.0. The molecule has 0 saturated carbocycles. The van der Waals surface area contributed by atoms with Gasteiger partial charge < -0.3 is 18.0 Å². The van der Waals surface area contributed by atoms with Crippen molar-refractivity contribution >= 4 is 20.8 Å². The lowest BCUT2D eigenvalue weighted by Gasteiger charge is -2.29. The third-order valence-corrected chi connectivity index (χ3v) is 7.74. The normalized spacial score (nSPS) is 18.1. The van der Waals surface area contributed by atoms with Gasteiger partial charge in [-0.3, -0.25) is 4.31 Å². The van der Waals surface area contributed by atoms with Crippen LogP contribution in [0.5, 0.6) is 0 Å². The van der Waals surface area contributed by atoms with Crippen molar-refractivity contribution in [3.63, 3.8) is 0 Å². The molecule has 22 heavy (non-hydrogen) atoms. The van der Waals surface area contributed by atoms with E-state index in [1.54, 1.807) is 0 Å². The SMILES string of the molecule is CCO[Si](CCCSN1CCCOCCC1)(OCC)OCC. The van der Waals surface area contributed by atoms with Crippen LogP contribution in [-0.4, -0.2) is 65.0 Å². The predicted molar refractivity (Wildman–Crippen MR) is 94.1 cm³/mol. The first-order valence-corrected chi connectivity index (χ1v) is 11.5. The van der Waals surface area contributed by atoms with Crippen molar-refractivity contribution < 1.29 is 18.0 Å². The van der Waals surface area contributed by atoms with Gasteiger partial charge in [-0.15, -0.1) is 0 Å². The summed E-state index contributed by atoms with van der Waals surface area (Å²) in [5.74, 6) is 1.10. The Bertz CT molecular complexity index is 249. The Kier molecular flexibility index (Phi) is 11.8. The zero-order valence-electron chi connectivity index (χ0n) is 14.5. The molecule has 132 valence electrons. The van der Waals surface area contributed by atoms with Gasteiger partial charge in [0.05, 0.1) is 0 Å². The molecule has 1 heterocycles. The minimum Gasteiger partial charge on any atom is -0.381 e. The maximum Gasteiger partial charge on any atom is 0.500 e. The van der Waals surface area contributed by atoms with E-state index < -0.39 is 8.80 Å². The van der Waals surface area contributed by atoms with Crippen molar-refractivity contribution in [1.82, 2.24) is 4.31 Å². The summed E-state index contributed by atoms with van der Waals surface area (Å²) in [7, 11) is -2.45. The van der Waals surface area contributed by atoms with Crippen LogP contribution in [0.1, 0.15) is 40.0 Å². The van der Waals surface area contributed by atoms with Crippen molar-refractivity contribution in [2.75, 3.05) is 51.9 Å². The highest BCUT2D eigenvalue weighted by Crippen LogP contribution is 2.21. The topological polar surface area (TPSA) is 40.2 Å². The number of rotatable bonds is 11. The first-order valence-electron chi connectivity index (χ1n) is 8.63. The van der Waals surface area contributed by atoms with E-state index >= 15 is 0 Å². The smallest absolute Gasteiger partial charge is 0.381 e. The zero-order valence-corrected chi connectivity index (χ0v) is 16.3. The highest BCUT2D eigenvalue weighted by Gasteiger charge is 2.39. The first kappa shape index (κ1) is 20.4. The highest BCUT2D eigenvalue weighted by molar-refractivity contribution is 7.97. The second kappa shape index (κ2) is 12.7. The number of ether oxygens (including phenoxy) is 1. The largest absolute Gasteiger partial charge is 0.500 e. The lowest BCUT2D eigenvalue weighted by Crippen LogP contribution is -2.46. The van der Waals surface area contributed by atoms with E-state index in [9.17, 15) is 0 Å². The molecule has 0 aromatic carbocycles. The van der Waals surface area contributed by atoms with Gasteiger partial charge in [0.2, 0.25) is 0 Å². The molecule has 5 nitrogen and oxygen atoms in total. The number of hydrogen-bond donors (Lipinski definition) is 0. The summed E-state index contributed by atoms with van der Waals surface area (Å²) < 4.78 is 25.7. The maximum absolute atomic E-state index is 5.89. The minimum absolute atomic E-state index is 0.658. The third kappa shape index (κ3) is 8.28. The van der Waals surface area contributed by atoms with E-state index in [-0.39, 0.29) is 0 Å². The van der Waals surface area contributed by atoms with Crippen molar-refractivity contribution in [2.45, 2.75) is 46.1 Å². The summed E-state index contributed by atoms with van der Waals surface area (Å²) in [6.07, 6.45) is 3.33. The Labute approximate surface area is 141 Å². The molecule has 0 bridgehead atoms. The predicted octanol–water partition coefficient (Wildman–Crippen LogP) is 3.19. The Morgan fingerprint density at radius 2 is 1.50 bits per heavy atom. The molecule has 0 unspecified atom stereocenters. The lowest BCUT2D eigenvalue weighted by molar-refractivity contribution is 0.0712.